The number of carbonyl (C=O) groups excluding carboxylic acids is 2. The number of esters is 1. The Bertz CT molecular complexity index is 785. The second-order valence-corrected chi connectivity index (χ2v) is 5.66. The van der Waals surface area contributed by atoms with E-state index in [1.165, 1.54) is 7.11 Å². The molecule has 1 aliphatic rings. The summed E-state index contributed by atoms with van der Waals surface area (Å²) in [6.07, 6.45) is 1.05. The molecule has 0 fully saturated rings. The van der Waals surface area contributed by atoms with Crippen molar-refractivity contribution in [3.05, 3.63) is 59.2 Å². The molecule has 1 amide bonds. The standard InChI is InChI=1S/C19H19NO4/c1-23-16-5-3-4-13(10-16)11-18(21)20-9-8-14-12-15(19(22)24-2)6-7-17(14)20/h3-7,10,12H,8-9,11H2,1-2H3. The molecule has 0 radical (unpaired) electrons. The zero-order valence-corrected chi connectivity index (χ0v) is 13.7. The quantitative estimate of drug-likeness (QED) is 0.811. The van der Waals surface area contributed by atoms with Gasteiger partial charge in [0.2, 0.25) is 5.91 Å². The van der Waals surface area contributed by atoms with Crippen LogP contribution >= 0.6 is 0 Å². The second kappa shape index (κ2) is 6.74. The Balaban J connectivity index is 1.78. The molecule has 2 aromatic carbocycles. The monoisotopic (exact) mass is 325 g/mol. The van der Waals surface area contributed by atoms with Crippen LogP contribution in [-0.4, -0.2) is 32.6 Å². The van der Waals surface area contributed by atoms with Crippen LogP contribution in [0.15, 0.2) is 42.5 Å². The van der Waals surface area contributed by atoms with Gasteiger partial charge < -0.3 is 14.4 Å². The summed E-state index contributed by atoms with van der Waals surface area (Å²) in [6.45, 7) is 0.628. The lowest BCUT2D eigenvalue weighted by Gasteiger charge is -2.17. The maximum Gasteiger partial charge on any atom is 0.337 e. The summed E-state index contributed by atoms with van der Waals surface area (Å²) in [7, 11) is 2.97. The molecular weight excluding hydrogens is 306 g/mol. The van der Waals surface area contributed by atoms with E-state index in [0.29, 0.717) is 18.5 Å². The Kier molecular flexibility index (Phi) is 4.51. The summed E-state index contributed by atoms with van der Waals surface area (Å²) in [4.78, 5) is 26.0. The molecule has 0 aliphatic carbocycles. The van der Waals surface area contributed by atoms with Crippen molar-refractivity contribution < 1.29 is 19.1 Å². The molecule has 0 atom stereocenters. The molecule has 124 valence electrons. The molecule has 0 aromatic heterocycles. The SMILES string of the molecule is COC(=O)c1ccc2c(c1)CCN2C(=O)Cc1cccc(OC)c1. The van der Waals surface area contributed by atoms with Crippen LogP contribution in [0.25, 0.3) is 0 Å². The number of anilines is 1. The average molecular weight is 325 g/mol. The summed E-state index contributed by atoms with van der Waals surface area (Å²) < 4.78 is 9.94. The lowest BCUT2D eigenvalue weighted by atomic mass is 10.1. The number of ether oxygens (including phenoxy) is 2. The van der Waals surface area contributed by atoms with Crippen LogP contribution in [0.2, 0.25) is 0 Å². The molecule has 0 saturated heterocycles. The predicted molar refractivity (Wildman–Crippen MR) is 90.5 cm³/mol. The van der Waals surface area contributed by atoms with Crippen molar-refractivity contribution in [2.75, 3.05) is 25.7 Å². The van der Waals surface area contributed by atoms with Gasteiger partial charge in [0.15, 0.2) is 0 Å². The fourth-order valence-electron chi connectivity index (χ4n) is 2.96. The number of amides is 1. The van der Waals surface area contributed by atoms with Crippen molar-refractivity contribution in [1.82, 2.24) is 0 Å². The highest BCUT2D eigenvalue weighted by atomic mass is 16.5. The Morgan fingerprint density at radius 1 is 1.12 bits per heavy atom. The van der Waals surface area contributed by atoms with Crippen LogP contribution in [0.5, 0.6) is 5.75 Å². The van der Waals surface area contributed by atoms with Gasteiger partial charge in [-0.1, -0.05) is 12.1 Å². The third-order valence-electron chi connectivity index (χ3n) is 4.19. The van der Waals surface area contributed by atoms with Gasteiger partial charge in [-0.3, -0.25) is 4.79 Å². The maximum absolute atomic E-state index is 12.6. The maximum atomic E-state index is 12.6. The van der Waals surface area contributed by atoms with Crippen molar-refractivity contribution in [3.63, 3.8) is 0 Å². The molecule has 2 aromatic rings. The number of nitrogens with zero attached hydrogens (tertiary/aromatic N) is 1. The van der Waals surface area contributed by atoms with Crippen molar-refractivity contribution in [1.29, 1.82) is 0 Å². The molecule has 1 aliphatic heterocycles. The topological polar surface area (TPSA) is 55.8 Å². The lowest BCUT2D eigenvalue weighted by Crippen LogP contribution is -2.30. The summed E-state index contributed by atoms with van der Waals surface area (Å²) in [5.41, 5.74) is 3.30. The highest BCUT2D eigenvalue weighted by Crippen LogP contribution is 2.30. The van der Waals surface area contributed by atoms with Crippen LogP contribution in [0.4, 0.5) is 5.69 Å². The van der Waals surface area contributed by atoms with Gasteiger partial charge in [0.1, 0.15) is 5.75 Å². The number of benzene rings is 2. The van der Waals surface area contributed by atoms with Crippen LogP contribution in [0.1, 0.15) is 21.5 Å². The van der Waals surface area contributed by atoms with E-state index in [0.717, 1.165) is 29.0 Å². The third-order valence-corrected chi connectivity index (χ3v) is 4.19. The Hall–Kier alpha value is -2.82. The van der Waals surface area contributed by atoms with Crippen LogP contribution in [-0.2, 0) is 22.4 Å². The Morgan fingerprint density at radius 3 is 2.71 bits per heavy atom. The molecule has 5 nitrogen and oxygen atoms in total. The number of methoxy groups -OCH3 is 2. The minimum absolute atomic E-state index is 0.0350. The smallest absolute Gasteiger partial charge is 0.337 e. The second-order valence-electron chi connectivity index (χ2n) is 5.66. The molecule has 5 heteroatoms. The fraction of sp³-hybridized carbons (Fsp3) is 0.263. The molecule has 0 N–H and O–H groups in total. The Morgan fingerprint density at radius 2 is 1.96 bits per heavy atom. The summed E-state index contributed by atoms with van der Waals surface area (Å²) >= 11 is 0. The van der Waals surface area contributed by atoms with Gasteiger partial charge in [0.05, 0.1) is 26.2 Å². The van der Waals surface area contributed by atoms with Crippen molar-refractivity contribution in [2.24, 2.45) is 0 Å². The molecule has 0 spiro atoms. The van der Waals surface area contributed by atoms with Crippen molar-refractivity contribution >= 4 is 17.6 Å². The van der Waals surface area contributed by atoms with Gasteiger partial charge in [0, 0.05) is 12.2 Å². The van der Waals surface area contributed by atoms with E-state index in [9.17, 15) is 9.59 Å². The van der Waals surface area contributed by atoms with E-state index in [1.807, 2.05) is 30.3 Å². The first-order chi connectivity index (χ1) is 11.6. The normalized spacial score (nSPS) is 12.7. The lowest BCUT2D eigenvalue weighted by molar-refractivity contribution is -0.117. The Labute approximate surface area is 140 Å². The van der Waals surface area contributed by atoms with Crippen LogP contribution in [0, 0.1) is 0 Å². The molecule has 1 heterocycles. The number of fused-ring (bicyclic) bond motifs is 1. The number of rotatable bonds is 4. The summed E-state index contributed by atoms with van der Waals surface area (Å²) in [5.74, 6) is 0.414. The highest BCUT2D eigenvalue weighted by Gasteiger charge is 2.25. The van der Waals surface area contributed by atoms with Crippen LogP contribution in [0.3, 0.4) is 0 Å². The summed E-state index contributed by atoms with van der Waals surface area (Å²) in [5, 5.41) is 0. The fourth-order valence-corrected chi connectivity index (χ4v) is 2.96. The number of carbonyl (C=O) groups is 2. The van der Waals surface area contributed by atoms with E-state index in [2.05, 4.69) is 0 Å². The molecule has 0 bridgehead atoms. The van der Waals surface area contributed by atoms with Gasteiger partial charge in [-0.2, -0.15) is 0 Å². The van der Waals surface area contributed by atoms with Gasteiger partial charge in [-0.05, 0) is 47.9 Å². The van der Waals surface area contributed by atoms with Crippen molar-refractivity contribution in [3.8, 4) is 5.75 Å². The van der Waals surface area contributed by atoms with Crippen LogP contribution < -0.4 is 9.64 Å². The molecule has 0 saturated carbocycles. The number of hydrogen-bond donors (Lipinski definition) is 0. The highest BCUT2D eigenvalue weighted by molar-refractivity contribution is 5.98. The first-order valence-corrected chi connectivity index (χ1v) is 7.77. The third kappa shape index (κ3) is 3.11. The van der Waals surface area contributed by atoms with Gasteiger partial charge in [-0.15, -0.1) is 0 Å². The van der Waals surface area contributed by atoms with Gasteiger partial charge in [-0.25, -0.2) is 4.79 Å². The molecule has 0 unspecified atom stereocenters. The molecule has 3 rings (SSSR count). The van der Waals surface area contributed by atoms with Crippen molar-refractivity contribution in [2.45, 2.75) is 12.8 Å². The van der Waals surface area contributed by atoms with E-state index < -0.39 is 0 Å². The zero-order chi connectivity index (χ0) is 17.1. The molecule has 24 heavy (non-hydrogen) atoms. The number of hydrogen-bond acceptors (Lipinski definition) is 4. The van der Waals surface area contributed by atoms with Gasteiger partial charge in [0.25, 0.3) is 0 Å². The van der Waals surface area contributed by atoms with E-state index >= 15 is 0 Å². The van der Waals surface area contributed by atoms with E-state index in [4.69, 9.17) is 9.47 Å². The minimum Gasteiger partial charge on any atom is -0.497 e. The zero-order valence-electron chi connectivity index (χ0n) is 13.7. The summed E-state index contributed by atoms with van der Waals surface area (Å²) in [6, 6.07) is 12.8. The largest absolute Gasteiger partial charge is 0.497 e. The van der Waals surface area contributed by atoms with E-state index in [-0.39, 0.29) is 11.9 Å². The minimum atomic E-state index is -0.362. The van der Waals surface area contributed by atoms with Gasteiger partial charge >= 0.3 is 5.97 Å². The first-order valence-electron chi connectivity index (χ1n) is 7.77. The average Bonchev–Trinajstić information content (AvgIpc) is 3.04. The van der Waals surface area contributed by atoms with E-state index in [1.54, 1.807) is 24.1 Å². The molecular formula is C19H19NO4. The first kappa shape index (κ1) is 16.1. The predicted octanol–water partition coefficient (Wildman–Crippen LogP) is 2.61.